The van der Waals surface area contributed by atoms with Crippen LogP contribution < -0.4 is 16.2 Å². The topological polar surface area (TPSA) is 61.6 Å². The highest BCUT2D eigenvalue weighted by Crippen LogP contribution is 2.31. The standard InChI is InChI=1S/C12H17ClN4O/c1-9-11(15-14)6-10(13)7-12(9)17-4-2-16(8-18)3-5-17/h6-8,15H,2-5,14H2,1H3. The van der Waals surface area contributed by atoms with Crippen molar-refractivity contribution in [3.63, 3.8) is 0 Å². The Bertz CT molecular complexity index is 444. The zero-order valence-corrected chi connectivity index (χ0v) is 11.1. The molecule has 2 rings (SSSR count). The van der Waals surface area contributed by atoms with Gasteiger partial charge in [-0.05, 0) is 24.6 Å². The summed E-state index contributed by atoms with van der Waals surface area (Å²) < 4.78 is 0. The van der Waals surface area contributed by atoms with Crippen LogP contribution in [0.15, 0.2) is 12.1 Å². The van der Waals surface area contributed by atoms with Crippen LogP contribution in [0.4, 0.5) is 11.4 Å². The van der Waals surface area contributed by atoms with Gasteiger partial charge < -0.3 is 15.2 Å². The number of piperazine rings is 1. The van der Waals surface area contributed by atoms with Crippen LogP contribution in [0.25, 0.3) is 0 Å². The lowest BCUT2D eigenvalue weighted by molar-refractivity contribution is -0.118. The number of carbonyl (C=O) groups is 1. The SMILES string of the molecule is Cc1c(NN)cc(Cl)cc1N1CCN(C=O)CC1. The first kappa shape index (κ1) is 13.0. The van der Waals surface area contributed by atoms with E-state index in [4.69, 9.17) is 17.4 Å². The Morgan fingerprint density at radius 3 is 2.56 bits per heavy atom. The van der Waals surface area contributed by atoms with Crippen LogP contribution in [-0.2, 0) is 4.79 Å². The predicted molar refractivity (Wildman–Crippen MR) is 73.8 cm³/mol. The number of nitrogens with zero attached hydrogens (tertiary/aromatic N) is 2. The van der Waals surface area contributed by atoms with Crippen LogP contribution in [0.3, 0.4) is 0 Å². The van der Waals surface area contributed by atoms with Crippen LogP contribution in [0, 0.1) is 6.92 Å². The number of hydrogen-bond donors (Lipinski definition) is 2. The highest BCUT2D eigenvalue weighted by Gasteiger charge is 2.18. The molecule has 0 saturated carbocycles. The van der Waals surface area contributed by atoms with Gasteiger partial charge in [0, 0.05) is 36.9 Å². The Labute approximate surface area is 111 Å². The fraction of sp³-hybridized carbons (Fsp3) is 0.417. The van der Waals surface area contributed by atoms with Gasteiger partial charge in [-0.3, -0.25) is 10.6 Å². The summed E-state index contributed by atoms with van der Waals surface area (Å²) in [6, 6.07) is 3.75. The van der Waals surface area contributed by atoms with Gasteiger partial charge in [0.1, 0.15) is 0 Å². The van der Waals surface area contributed by atoms with E-state index in [2.05, 4.69) is 10.3 Å². The molecule has 6 heteroatoms. The van der Waals surface area contributed by atoms with E-state index in [9.17, 15) is 4.79 Å². The van der Waals surface area contributed by atoms with Crippen molar-refractivity contribution >= 4 is 29.4 Å². The lowest BCUT2D eigenvalue weighted by atomic mass is 10.1. The lowest BCUT2D eigenvalue weighted by Crippen LogP contribution is -2.46. The first-order chi connectivity index (χ1) is 8.65. The molecule has 1 amide bonds. The Hall–Kier alpha value is -1.46. The van der Waals surface area contributed by atoms with E-state index >= 15 is 0 Å². The number of amides is 1. The average molecular weight is 269 g/mol. The minimum absolute atomic E-state index is 0.654. The highest BCUT2D eigenvalue weighted by molar-refractivity contribution is 6.31. The van der Waals surface area contributed by atoms with Gasteiger partial charge in [-0.1, -0.05) is 11.6 Å². The van der Waals surface area contributed by atoms with E-state index in [0.717, 1.165) is 49.5 Å². The second-order valence-electron chi connectivity index (χ2n) is 4.37. The molecule has 3 N–H and O–H groups in total. The van der Waals surface area contributed by atoms with Gasteiger partial charge in [0.2, 0.25) is 6.41 Å². The first-order valence-corrected chi connectivity index (χ1v) is 6.24. The Kier molecular flexibility index (Phi) is 3.93. The zero-order chi connectivity index (χ0) is 13.1. The van der Waals surface area contributed by atoms with Gasteiger partial charge in [0.25, 0.3) is 0 Å². The molecule has 98 valence electrons. The molecule has 1 aromatic carbocycles. The van der Waals surface area contributed by atoms with Gasteiger partial charge in [-0.2, -0.15) is 0 Å². The maximum absolute atomic E-state index is 10.7. The number of carbonyl (C=O) groups excluding carboxylic acids is 1. The number of nitrogens with two attached hydrogens (primary N) is 1. The van der Waals surface area contributed by atoms with Crippen molar-refractivity contribution in [1.29, 1.82) is 0 Å². The van der Waals surface area contributed by atoms with E-state index in [1.807, 2.05) is 19.1 Å². The summed E-state index contributed by atoms with van der Waals surface area (Å²) in [4.78, 5) is 14.7. The molecule has 0 unspecified atom stereocenters. The zero-order valence-electron chi connectivity index (χ0n) is 10.3. The van der Waals surface area contributed by atoms with Gasteiger partial charge in [0.15, 0.2) is 0 Å². The van der Waals surface area contributed by atoms with Gasteiger partial charge in [0.05, 0.1) is 5.69 Å². The summed E-state index contributed by atoms with van der Waals surface area (Å²) in [5.74, 6) is 5.48. The number of benzene rings is 1. The number of hydrazine groups is 1. The fourth-order valence-corrected chi connectivity index (χ4v) is 2.42. The number of nitrogens with one attached hydrogen (secondary N) is 1. The van der Waals surface area contributed by atoms with Crippen molar-refractivity contribution in [3.8, 4) is 0 Å². The average Bonchev–Trinajstić information content (AvgIpc) is 2.41. The van der Waals surface area contributed by atoms with Gasteiger partial charge >= 0.3 is 0 Å². The molecule has 1 saturated heterocycles. The normalized spacial score (nSPS) is 15.7. The van der Waals surface area contributed by atoms with Crippen LogP contribution in [-0.4, -0.2) is 37.5 Å². The van der Waals surface area contributed by atoms with Crippen LogP contribution in [0.1, 0.15) is 5.56 Å². The molecule has 1 heterocycles. The third-order valence-corrected chi connectivity index (χ3v) is 3.52. The molecular formula is C12H17ClN4O. The molecule has 0 aliphatic carbocycles. The molecule has 0 aromatic heterocycles. The molecular weight excluding hydrogens is 252 g/mol. The Morgan fingerprint density at radius 2 is 2.00 bits per heavy atom. The molecule has 5 nitrogen and oxygen atoms in total. The summed E-state index contributed by atoms with van der Waals surface area (Å²) in [7, 11) is 0. The van der Waals surface area contributed by atoms with Crippen molar-refractivity contribution in [2.45, 2.75) is 6.92 Å². The van der Waals surface area contributed by atoms with Crippen molar-refractivity contribution in [1.82, 2.24) is 4.90 Å². The Balaban J connectivity index is 2.23. The summed E-state index contributed by atoms with van der Waals surface area (Å²) in [6.45, 7) is 5.10. The third kappa shape index (κ3) is 2.52. The number of anilines is 2. The molecule has 1 fully saturated rings. The third-order valence-electron chi connectivity index (χ3n) is 3.30. The minimum Gasteiger partial charge on any atom is -0.368 e. The van der Waals surface area contributed by atoms with Gasteiger partial charge in [-0.25, -0.2) is 0 Å². The smallest absolute Gasteiger partial charge is 0.209 e. The largest absolute Gasteiger partial charge is 0.368 e. The molecule has 1 aliphatic heterocycles. The second-order valence-corrected chi connectivity index (χ2v) is 4.81. The van der Waals surface area contributed by atoms with Crippen molar-refractivity contribution < 1.29 is 4.79 Å². The van der Waals surface area contributed by atoms with Gasteiger partial charge in [-0.15, -0.1) is 0 Å². The minimum atomic E-state index is 0.654. The first-order valence-electron chi connectivity index (χ1n) is 5.86. The molecule has 1 aliphatic rings. The molecule has 18 heavy (non-hydrogen) atoms. The molecule has 0 bridgehead atoms. The van der Waals surface area contributed by atoms with Crippen LogP contribution in [0.5, 0.6) is 0 Å². The van der Waals surface area contributed by atoms with E-state index in [-0.39, 0.29) is 0 Å². The van der Waals surface area contributed by atoms with Crippen molar-refractivity contribution in [3.05, 3.63) is 22.7 Å². The Morgan fingerprint density at radius 1 is 1.33 bits per heavy atom. The van der Waals surface area contributed by atoms with E-state index in [0.29, 0.717) is 5.02 Å². The summed E-state index contributed by atoms with van der Waals surface area (Å²) in [5, 5.41) is 0.654. The van der Waals surface area contributed by atoms with Crippen LogP contribution in [0.2, 0.25) is 5.02 Å². The van der Waals surface area contributed by atoms with Crippen LogP contribution >= 0.6 is 11.6 Å². The summed E-state index contributed by atoms with van der Waals surface area (Å²) in [6.07, 6.45) is 0.898. The van der Waals surface area contributed by atoms with E-state index in [1.165, 1.54) is 0 Å². The lowest BCUT2D eigenvalue weighted by Gasteiger charge is -2.35. The maximum atomic E-state index is 10.7. The molecule has 0 spiro atoms. The fourth-order valence-electron chi connectivity index (χ4n) is 2.21. The second kappa shape index (κ2) is 5.46. The quantitative estimate of drug-likeness (QED) is 0.492. The maximum Gasteiger partial charge on any atom is 0.209 e. The number of hydrogen-bond acceptors (Lipinski definition) is 4. The number of rotatable bonds is 3. The molecule has 0 atom stereocenters. The number of nitrogen functional groups attached to an aromatic ring is 1. The monoisotopic (exact) mass is 268 g/mol. The van der Waals surface area contributed by atoms with Crippen molar-refractivity contribution in [2.75, 3.05) is 36.5 Å². The highest BCUT2D eigenvalue weighted by atomic mass is 35.5. The summed E-state index contributed by atoms with van der Waals surface area (Å²) >= 11 is 6.09. The van der Waals surface area contributed by atoms with Crippen molar-refractivity contribution in [2.24, 2.45) is 5.84 Å². The number of halogens is 1. The van der Waals surface area contributed by atoms with E-state index < -0.39 is 0 Å². The summed E-state index contributed by atoms with van der Waals surface area (Å²) in [5.41, 5.74) is 5.63. The predicted octanol–water partition coefficient (Wildman–Crippen LogP) is 1.21. The molecule has 0 radical (unpaired) electrons. The molecule has 1 aromatic rings. The van der Waals surface area contributed by atoms with E-state index in [1.54, 1.807) is 4.90 Å².